The van der Waals surface area contributed by atoms with Gasteiger partial charge in [-0.15, -0.1) is 0 Å². The minimum Gasteiger partial charge on any atom is -0.422 e. The summed E-state index contributed by atoms with van der Waals surface area (Å²) in [5.74, 6) is 1.04. The van der Waals surface area contributed by atoms with Crippen LogP contribution in [0.3, 0.4) is 0 Å². The standard InChI is InChI=1S/C16H22N4O/c1-3-9-19(10-4-1)14-8-7-13-15(17-14)18-16(21-13)20-11-5-2-6-12-20/h7-8H,1-6,9-12H2. The molecule has 0 saturated carbocycles. The van der Waals surface area contributed by atoms with E-state index in [2.05, 4.69) is 20.9 Å². The molecule has 0 aromatic carbocycles. The number of hydrogen-bond donors (Lipinski definition) is 0. The molecule has 21 heavy (non-hydrogen) atoms. The van der Waals surface area contributed by atoms with Crippen LogP contribution < -0.4 is 9.80 Å². The molecular formula is C16H22N4O. The second-order valence-electron chi connectivity index (χ2n) is 6.08. The van der Waals surface area contributed by atoms with Gasteiger partial charge < -0.3 is 14.2 Å². The Morgan fingerprint density at radius 1 is 0.762 bits per heavy atom. The van der Waals surface area contributed by atoms with E-state index in [1.54, 1.807) is 0 Å². The fraction of sp³-hybridized carbons (Fsp3) is 0.625. The molecule has 4 heterocycles. The lowest BCUT2D eigenvalue weighted by Crippen LogP contribution is -2.30. The van der Waals surface area contributed by atoms with Crippen LogP contribution in [0.15, 0.2) is 16.5 Å². The van der Waals surface area contributed by atoms with Crippen LogP contribution in [0.25, 0.3) is 11.2 Å². The van der Waals surface area contributed by atoms with E-state index in [4.69, 9.17) is 9.40 Å². The average molecular weight is 286 g/mol. The van der Waals surface area contributed by atoms with Crippen LogP contribution >= 0.6 is 0 Å². The number of nitrogens with zero attached hydrogens (tertiary/aromatic N) is 4. The van der Waals surface area contributed by atoms with Gasteiger partial charge in [-0.2, -0.15) is 4.98 Å². The first-order chi connectivity index (χ1) is 10.4. The van der Waals surface area contributed by atoms with Crippen molar-refractivity contribution in [2.24, 2.45) is 0 Å². The second kappa shape index (κ2) is 5.54. The van der Waals surface area contributed by atoms with Gasteiger partial charge in [0.15, 0.2) is 5.58 Å². The first-order valence-electron chi connectivity index (χ1n) is 8.18. The third-order valence-electron chi connectivity index (χ3n) is 4.53. The molecule has 0 unspecified atom stereocenters. The van der Waals surface area contributed by atoms with E-state index >= 15 is 0 Å². The third kappa shape index (κ3) is 2.57. The van der Waals surface area contributed by atoms with Gasteiger partial charge in [-0.3, -0.25) is 0 Å². The van der Waals surface area contributed by atoms with Crippen LogP contribution in [0, 0.1) is 0 Å². The van der Waals surface area contributed by atoms with E-state index in [9.17, 15) is 0 Å². The summed E-state index contributed by atoms with van der Waals surface area (Å²) >= 11 is 0. The predicted octanol–water partition coefficient (Wildman–Crippen LogP) is 3.20. The summed E-state index contributed by atoms with van der Waals surface area (Å²) in [6.45, 7) is 4.31. The molecule has 112 valence electrons. The lowest BCUT2D eigenvalue weighted by atomic mass is 10.1. The van der Waals surface area contributed by atoms with Gasteiger partial charge in [0, 0.05) is 26.2 Å². The van der Waals surface area contributed by atoms with Crippen molar-refractivity contribution in [2.45, 2.75) is 38.5 Å². The maximum atomic E-state index is 5.88. The zero-order valence-corrected chi connectivity index (χ0v) is 12.4. The van der Waals surface area contributed by atoms with Gasteiger partial charge >= 0.3 is 0 Å². The van der Waals surface area contributed by atoms with Gasteiger partial charge in [0.25, 0.3) is 6.01 Å². The van der Waals surface area contributed by atoms with Gasteiger partial charge in [-0.25, -0.2) is 4.98 Å². The molecule has 0 amide bonds. The number of aromatic nitrogens is 2. The molecule has 0 bridgehead atoms. The summed E-state index contributed by atoms with van der Waals surface area (Å²) in [6, 6.07) is 4.83. The Labute approximate surface area is 125 Å². The maximum Gasteiger partial charge on any atom is 0.299 e. The number of piperidine rings is 2. The highest BCUT2D eigenvalue weighted by Crippen LogP contribution is 2.26. The highest BCUT2D eigenvalue weighted by molar-refractivity contribution is 5.72. The number of rotatable bonds is 2. The minimum absolute atomic E-state index is 0.744. The van der Waals surface area contributed by atoms with Crippen molar-refractivity contribution >= 4 is 23.1 Å². The van der Waals surface area contributed by atoms with E-state index in [0.717, 1.165) is 49.2 Å². The largest absolute Gasteiger partial charge is 0.422 e. The van der Waals surface area contributed by atoms with Gasteiger partial charge in [0.05, 0.1) is 0 Å². The van der Waals surface area contributed by atoms with Crippen LogP contribution in [-0.2, 0) is 0 Å². The van der Waals surface area contributed by atoms with Crippen LogP contribution in [0.5, 0.6) is 0 Å². The molecule has 5 heteroatoms. The van der Waals surface area contributed by atoms with Crippen molar-refractivity contribution < 1.29 is 4.42 Å². The summed E-state index contributed by atoms with van der Waals surface area (Å²) in [7, 11) is 0. The summed E-state index contributed by atoms with van der Waals surface area (Å²) in [5.41, 5.74) is 1.55. The quantitative estimate of drug-likeness (QED) is 0.848. The predicted molar refractivity (Wildman–Crippen MR) is 83.9 cm³/mol. The van der Waals surface area contributed by atoms with Gasteiger partial charge in [-0.1, -0.05) is 0 Å². The molecule has 0 atom stereocenters. The van der Waals surface area contributed by atoms with Crippen molar-refractivity contribution in [3.63, 3.8) is 0 Å². The van der Waals surface area contributed by atoms with E-state index in [1.165, 1.54) is 38.5 Å². The number of oxazole rings is 1. The SMILES string of the molecule is c1cc2oc(N3CCCCC3)nc2nc1N1CCCCC1. The number of pyridine rings is 1. The average Bonchev–Trinajstić information content (AvgIpc) is 2.99. The van der Waals surface area contributed by atoms with E-state index in [0.29, 0.717) is 0 Å². The molecule has 2 aliphatic rings. The first-order valence-corrected chi connectivity index (χ1v) is 8.18. The van der Waals surface area contributed by atoms with Crippen molar-refractivity contribution in [1.82, 2.24) is 9.97 Å². The number of anilines is 2. The summed E-state index contributed by atoms with van der Waals surface area (Å²) in [4.78, 5) is 13.9. The molecule has 2 fully saturated rings. The summed E-state index contributed by atoms with van der Waals surface area (Å²) in [5, 5.41) is 0. The van der Waals surface area contributed by atoms with Crippen LogP contribution in [0.4, 0.5) is 11.8 Å². The van der Waals surface area contributed by atoms with Crippen molar-refractivity contribution in [1.29, 1.82) is 0 Å². The summed E-state index contributed by atoms with van der Waals surface area (Å²) < 4.78 is 5.88. The third-order valence-corrected chi connectivity index (χ3v) is 4.53. The number of hydrogen-bond acceptors (Lipinski definition) is 5. The maximum absolute atomic E-state index is 5.88. The van der Waals surface area contributed by atoms with Crippen LogP contribution in [0.1, 0.15) is 38.5 Å². The Bertz CT molecular complexity index is 596. The van der Waals surface area contributed by atoms with Gasteiger partial charge in [-0.05, 0) is 50.7 Å². The van der Waals surface area contributed by atoms with Crippen molar-refractivity contribution in [2.75, 3.05) is 36.0 Å². The molecule has 2 aliphatic heterocycles. The Morgan fingerprint density at radius 2 is 1.43 bits per heavy atom. The van der Waals surface area contributed by atoms with Crippen LogP contribution in [-0.4, -0.2) is 36.1 Å². The molecule has 0 aliphatic carbocycles. The van der Waals surface area contributed by atoms with Crippen molar-refractivity contribution in [3.8, 4) is 0 Å². The lowest BCUT2D eigenvalue weighted by Gasteiger charge is -2.27. The minimum atomic E-state index is 0.744. The van der Waals surface area contributed by atoms with Gasteiger partial charge in [0.2, 0.25) is 5.65 Å². The number of fused-ring (bicyclic) bond motifs is 1. The normalized spacial score (nSPS) is 20.2. The monoisotopic (exact) mass is 286 g/mol. The first kappa shape index (κ1) is 12.9. The second-order valence-corrected chi connectivity index (χ2v) is 6.08. The smallest absolute Gasteiger partial charge is 0.299 e. The Morgan fingerprint density at radius 3 is 2.14 bits per heavy atom. The van der Waals surface area contributed by atoms with E-state index in [1.807, 2.05) is 6.07 Å². The molecule has 5 nitrogen and oxygen atoms in total. The Kier molecular flexibility index (Phi) is 3.41. The Hall–Kier alpha value is -1.78. The van der Waals surface area contributed by atoms with Crippen LogP contribution in [0.2, 0.25) is 0 Å². The molecular weight excluding hydrogens is 264 g/mol. The molecule has 4 rings (SSSR count). The molecule has 0 spiro atoms. The highest BCUT2D eigenvalue weighted by Gasteiger charge is 2.19. The van der Waals surface area contributed by atoms with E-state index in [-0.39, 0.29) is 0 Å². The topological polar surface area (TPSA) is 45.4 Å². The molecule has 2 aromatic rings. The van der Waals surface area contributed by atoms with E-state index < -0.39 is 0 Å². The fourth-order valence-electron chi connectivity index (χ4n) is 3.32. The van der Waals surface area contributed by atoms with Crippen molar-refractivity contribution in [3.05, 3.63) is 12.1 Å². The van der Waals surface area contributed by atoms with Gasteiger partial charge in [0.1, 0.15) is 5.82 Å². The zero-order chi connectivity index (χ0) is 14.1. The molecule has 2 aromatic heterocycles. The highest BCUT2D eigenvalue weighted by atomic mass is 16.4. The fourth-order valence-corrected chi connectivity index (χ4v) is 3.32. The molecule has 0 radical (unpaired) electrons. The Balaban J connectivity index is 1.61. The lowest BCUT2D eigenvalue weighted by molar-refractivity contribution is 0.509. The molecule has 0 N–H and O–H groups in total. The summed E-state index contributed by atoms with van der Waals surface area (Å²) in [6.07, 6.45) is 7.63. The zero-order valence-electron chi connectivity index (χ0n) is 12.4. The molecule has 2 saturated heterocycles.